The summed E-state index contributed by atoms with van der Waals surface area (Å²) >= 11 is 0. The molecule has 252 valence electrons. The molecule has 1 saturated carbocycles. The number of nitrogens with one attached hydrogen (secondary N) is 2. The Morgan fingerprint density at radius 1 is 0.771 bits per heavy atom. The van der Waals surface area contributed by atoms with Crippen LogP contribution in [0.1, 0.15) is 41.5 Å². The monoisotopic (exact) mass is 669 g/mol. The molecule has 10 heteroatoms. The molecular formula is C38H43N3O6S. The van der Waals surface area contributed by atoms with Crippen molar-refractivity contribution in [1.82, 2.24) is 14.9 Å². The van der Waals surface area contributed by atoms with Crippen LogP contribution in [-0.2, 0) is 45.4 Å². The molecule has 9 nitrogen and oxygen atoms in total. The minimum absolute atomic E-state index is 0.0230. The van der Waals surface area contributed by atoms with Gasteiger partial charge in [-0.05, 0) is 72.2 Å². The number of methoxy groups -OCH3 is 2. The molecule has 0 radical (unpaired) electrons. The molecule has 4 aromatic carbocycles. The first-order chi connectivity index (χ1) is 23.3. The Labute approximate surface area is 283 Å². The fourth-order valence-electron chi connectivity index (χ4n) is 5.54. The molecule has 5 rings (SSSR count). The van der Waals surface area contributed by atoms with Crippen molar-refractivity contribution in [1.29, 1.82) is 0 Å². The second-order valence-electron chi connectivity index (χ2n) is 12.0. The minimum atomic E-state index is -3.56. The van der Waals surface area contributed by atoms with Gasteiger partial charge >= 0.3 is 0 Å². The lowest BCUT2D eigenvalue weighted by atomic mass is 10.0. The quantitative estimate of drug-likeness (QED) is 0.162. The molecule has 2 amide bonds. The summed E-state index contributed by atoms with van der Waals surface area (Å²) in [6.45, 7) is 0.641. The summed E-state index contributed by atoms with van der Waals surface area (Å²) < 4.78 is 38.7. The van der Waals surface area contributed by atoms with Crippen molar-refractivity contribution in [2.75, 3.05) is 20.8 Å². The number of hydrogen-bond acceptors (Lipinski definition) is 6. The van der Waals surface area contributed by atoms with E-state index in [-0.39, 0.29) is 35.7 Å². The van der Waals surface area contributed by atoms with E-state index in [9.17, 15) is 18.0 Å². The average Bonchev–Trinajstić information content (AvgIpc) is 3.93. The lowest BCUT2D eigenvalue weighted by Crippen LogP contribution is -2.50. The van der Waals surface area contributed by atoms with E-state index in [2.05, 4.69) is 10.0 Å². The first-order valence-electron chi connectivity index (χ1n) is 16.2. The van der Waals surface area contributed by atoms with Gasteiger partial charge in [0.1, 0.15) is 6.04 Å². The van der Waals surface area contributed by atoms with Crippen LogP contribution in [0, 0.1) is 0 Å². The molecule has 0 aliphatic heterocycles. The van der Waals surface area contributed by atoms with Crippen LogP contribution in [0.3, 0.4) is 0 Å². The second kappa shape index (κ2) is 16.4. The van der Waals surface area contributed by atoms with E-state index in [4.69, 9.17) is 9.47 Å². The van der Waals surface area contributed by atoms with Crippen molar-refractivity contribution < 1.29 is 27.5 Å². The van der Waals surface area contributed by atoms with Gasteiger partial charge < -0.3 is 19.7 Å². The number of benzene rings is 4. The van der Waals surface area contributed by atoms with Crippen molar-refractivity contribution in [2.45, 2.75) is 62.0 Å². The van der Waals surface area contributed by atoms with E-state index in [0.717, 1.165) is 35.1 Å². The number of nitrogens with zero attached hydrogens (tertiary/aromatic N) is 1. The van der Waals surface area contributed by atoms with Crippen molar-refractivity contribution in [3.05, 3.63) is 125 Å². The summed E-state index contributed by atoms with van der Waals surface area (Å²) in [7, 11) is -0.384. The van der Waals surface area contributed by atoms with Gasteiger partial charge in [-0.1, -0.05) is 78.9 Å². The van der Waals surface area contributed by atoms with Crippen LogP contribution in [0.15, 0.2) is 108 Å². The minimum Gasteiger partial charge on any atom is -0.493 e. The Morgan fingerprint density at radius 3 is 2.02 bits per heavy atom. The van der Waals surface area contributed by atoms with Crippen molar-refractivity contribution in [3.8, 4) is 11.5 Å². The van der Waals surface area contributed by atoms with Gasteiger partial charge in [0.2, 0.25) is 21.8 Å². The van der Waals surface area contributed by atoms with E-state index in [1.54, 1.807) is 43.4 Å². The molecule has 0 aromatic heterocycles. The zero-order valence-corrected chi connectivity index (χ0v) is 28.2. The van der Waals surface area contributed by atoms with E-state index in [1.807, 2.05) is 78.9 Å². The second-order valence-corrected chi connectivity index (χ2v) is 13.7. The Hall–Kier alpha value is -4.67. The Morgan fingerprint density at radius 2 is 1.40 bits per heavy atom. The fourth-order valence-corrected chi connectivity index (χ4v) is 6.84. The summed E-state index contributed by atoms with van der Waals surface area (Å²) in [5, 5.41) is 3.08. The Balaban J connectivity index is 1.32. The van der Waals surface area contributed by atoms with Gasteiger partial charge in [0.25, 0.3) is 0 Å². The summed E-state index contributed by atoms with van der Waals surface area (Å²) in [4.78, 5) is 29.9. The number of carbonyl (C=O) groups is 2. The van der Waals surface area contributed by atoms with E-state index in [1.165, 1.54) is 0 Å². The summed E-state index contributed by atoms with van der Waals surface area (Å²) in [5.41, 5.74) is 3.68. The van der Waals surface area contributed by atoms with Gasteiger partial charge in [-0.25, -0.2) is 13.1 Å². The zero-order chi connectivity index (χ0) is 33.9. The maximum atomic E-state index is 14.1. The van der Waals surface area contributed by atoms with E-state index in [0.29, 0.717) is 37.3 Å². The number of carbonyl (C=O) groups excluding carboxylic acids is 2. The lowest BCUT2D eigenvalue weighted by Gasteiger charge is -2.31. The molecular weight excluding hydrogens is 627 g/mol. The zero-order valence-electron chi connectivity index (χ0n) is 27.4. The van der Waals surface area contributed by atoms with Crippen LogP contribution in [0.2, 0.25) is 0 Å². The molecule has 1 aliphatic carbocycles. The summed E-state index contributed by atoms with van der Waals surface area (Å²) in [6.07, 6.45) is 3.20. The van der Waals surface area contributed by atoms with Crippen LogP contribution in [-0.4, -0.2) is 58.0 Å². The Kier molecular flexibility index (Phi) is 11.9. The predicted molar refractivity (Wildman–Crippen MR) is 185 cm³/mol. The van der Waals surface area contributed by atoms with E-state index >= 15 is 0 Å². The van der Waals surface area contributed by atoms with Gasteiger partial charge in [0.15, 0.2) is 11.5 Å². The number of aryl methyl sites for hydroxylation is 1. The molecule has 48 heavy (non-hydrogen) atoms. The third-order valence-corrected chi connectivity index (χ3v) is 9.92. The normalized spacial score (nSPS) is 13.4. The summed E-state index contributed by atoms with van der Waals surface area (Å²) in [6, 6.07) is 30.9. The molecule has 1 aliphatic rings. The molecule has 0 spiro atoms. The lowest BCUT2D eigenvalue weighted by molar-refractivity contribution is -0.141. The third kappa shape index (κ3) is 9.68. The fraction of sp³-hybridized carbons (Fsp3) is 0.316. The highest BCUT2D eigenvalue weighted by Crippen LogP contribution is 2.28. The third-order valence-electron chi connectivity index (χ3n) is 8.39. The van der Waals surface area contributed by atoms with Crippen LogP contribution in [0.5, 0.6) is 11.5 Å². The first kappa shape index (κ1) is 34.7. The average molecular weight is 670 g/mol. The Bertz CT molecular complexity index is 1760. The summed E-state index contributed by atoms with van der Waals surface area (Å²) in [5.74, 6) is 0.854. The number of ether oxygens (including phenoxy) is 2. The number of rotatable bonds is 17. The molecule has 2 N–H and O–H groups in total. The molecule has 0 saturated heterocycles. The number of sulfonamides is 1. The van der Waals surface area contributed by atoms with Gasteiger partial charge in [0, 0.05) is 32.0 Å². The van der Waals surface area contributed by atoms with Gasteiger partial charge in [-0.2, -0.15) is 0 Å². The highest BCUT2D eigenvalue weighted by molar-refractivity contribution is 7.89. The smallest absolute Gasteiger partial charge is 0.243 e. The highest BCUT2D eigenvalue weighted by Gasteiger charge is 2.31. The first-order valence-corrected chi connectivity index (χ1v) is 17.7. The van der Waals surface area contributed by atoms with Crippen molar-refractivity contribution >= 4 is 21.8 Å². The molecule has 0 heterocycles. The van der Waals surface area contributed by atoms with Crippen LogP contribution < -0.4 is 19.5 Å². The van der Waals surface area contributed by atoms with Gasteiger partial charge in [0.05, 0.1) is 19.1 Å². The van der Waals surface area contributed by atoms with Crippen LogP contribution in [0.4, 0.5) is 0 Å². The van der Waals surface area contributed by atoms with Crippen LogP contribution >= 0.6 is 0 Å². The maximum Gasteiger partial charge on any atom is 0.243 e. The number of amides is 2. The molecule has 1 atom stereocenters. The topological polar surface area (TPSA) is 114 Å². The van der Waals surface area contributed by atoms with E-state index < -0.39 is 16.1 Å². The number of hydrogen-bond donors (Lipinski definition) is 2. The van der Waals surface area contributed by atoms with Gasteiger partial charge in [-0.3, -0.25) is 9.59 Å². The van der Waals surface area contributed by atoms with Crippen molar-refractivity contribution in [3.63, 3.8) is 0 Å². The standard InChI is InChI=1S/C38H43N3O6S/c1-46-35-21-15-30(26-36(35)47-2)23-24-39-38(43)34(25-29-9-5-3-6-10-29)41(27-31-11-7-4-8-12-31)37(42)22-16-28-13-19-33(20-14-28)48(44,45)40-32-17-18-32/h3-15,19-21,26,32,34,40H,16-18,22-25,27H2,1-2H3,(H,39,43)/t34-/m0/s1. The largest absolute Gasteiger partial charge is 0.493 e. The molecule has 1 fully saturated rings. The highest BCUT2D eigenvalue weighted by atomic mass is 32.2. The van der Waals surface area contributed by atoms with Crippen LogP contribution in [0.25, 0.3) is 0 Å². The SMILES string of the molecule is COc1ccc(CCNC(=O)[C@H](Cc2ccccc2)N(Cc2ccccc2)C(=O)CCc2ccc(S(=O)(=O)NC3CC3)cc2)cc1OC. The van der Waals surface area contributed by atoms with Gasteiger partial charge in [-0.15, -0.1) is 0 Å². The molecule has 4 aromatic rings. The van der Waals surface area contributed by atoms with Crippen molar-refractivity contribution in [2.24, 2.45) is 0 Å². The molecule has 0 unspecified atom stereocenters. The predicted octanol–water partition coefficient (Wildman–Crippen LogP) is 5.08. The maximum absolute atomic E-state index is 14.1. The molecule has 0 bridgehead atoms.